The molecule has 84 valence electrons. The lowest BCUT2D eigenvalue weighted by atomic mass is 10.0. The number of nitrogens with one attached hydrogen (secondary N) is 1. The molecule has 2 rings (SSSR count). The zero-order chi connectivity index (χ0) is 11.5. The molecule has 1 aromatic heterocycles. The van der Waals surface area contributed by atoms with Gasteiger partial charge in [-0.2, -0.15) is 5.10 Å². The summed E-state index contributed by atoms with van der Waals surface area (Å²) < 4.78 is 5.38. The molecule has 1 N–H and O–H groups in total. The Hall–Kier alpha value is -1.77. The maximum Gasteiger partial charge on any atom is 0.167 e. The van der Waals surface area contributed by atoms with Crippen molar-refractivity contribution in [1.82, 2.24) is 10.2 Å². The summed E-state index contributed by atoms with van der Waals surface area (Å²) in [4.78, 5) is 0. The van der Waals surface area contributed by atoms with Gasteiger partial charge >= 0.3 is 0 Å². The van der Waals surface area contributed by atoms with Crippen LogP contribution in [0, 0.1) is 6.92 Å². The Morgan fingerprint density at radius 3 is 2.75 bits per heavy atom. The molecule has 16 heavy (non-hydrogen) atoms. The van der Waals surface area contributed by atoms with Crippen LogP contribution in [0.2, 0.25) is 0 Å². The number of benzene rings is 1. The second-order valence-electron chi connectivity index (χ2n) is 3.74. The first-order valence-corrected chi connectivity index (χ1v) is 5.45. The third-order valence-corrected chi connectivity index (χ3v) is 2.75. The van der Waals surface area contributed by atoms with Crippen molar-refractivity contribution in [2.24, 2.45) is 0 Å². The highest BCUT2D eigenvalue weighted by Crippen LogP contribution is 2.32. The summed E-state index contributed by atoms with van der Waals surface area (Å²) >= 11 is 0. The number of hydrogen-bond acceptors (Lipinski definition) is 2. The predicted octanol–water partition coefficient (Wildman–Crippen LogP) is 2.96. The van der Waals surface area contributed by atoms with Crippen LogP contribution in [0.4, 0.5) is 0 Å². The number of rotatable bonds is 3. The van der Waals surface area contributed by atoms with E-state index in [-0.39, 0.29) is 0 Å². The van der Waals surface area contributed by atoms with Crippen LogP contribution >= 0.6 is 0 Å². The van der Waals surface area contributed by atoms with E-state index in [0.29, 0.717) is 0 Å². The molecule has 0 unspecified atom stereocenters. The standard InChI is InChI=1S/C13H16N2O/c1-4-10-7-5-6-8-11(10)12-13(16-3)9(2)14-15-12/h5-8H,4H2,1-3H3,(H,14,15). The summed E-state index contributed by atoms with van der Waals surface area (Å²) in [6, 6.07) is 8.28. The van der Waals surface area contributed by atoms with E-state index in [4.69, 9.17) is 4.74 Å². The van der Waals surface area contributed by atoms with Crippen molar-refractivity contribution in [3.63, 3.8) is 0 Å². The molecule has 0 aliphatic carbocycles. The van der Waals surface area contributed by atoms with Crippen molar-refractivity contribution in [2.75, 3.05) is 7.11 Å². The predicted molar refractivity (Wildman–Crippen MR) is 64.7 cm³/mol. The number of aryl methyl sites for hydroxylation is 2. The van der Waals surface area contributed by atoms with Crippen molar-refractivity contribution in [3.8, 4) is 17.0 Å². The maximum absolute atomic E-state index is 5.38. The van der Waals surface area contributed by atoms with Crippen LogP contribution in [-0.4, -0.2) is 17.3 Å². The highest BCUT2D eigenvalue weighted by atomic mass is 16.5. The van der Waals surface area contributed by atoms with Crippen molar-refractivity contribution in [1.29, 1.82) is 0 Å². The fourth-order valence-electron chi connectivity index (χ4n) is 1.91. The lowest BCUT2D eigenvalue weighted by Gasteiger charge is -2.06. The van der Waals surface area contributed by atoms with Crippen LogP contribution in [0.15, 0.2) is 24.3 Å². The molecule has 0 bridgehead atoms. The van der Waals surface area contributed by atoms with Gasteiger partial charge < -0.3 is 4.74 Å². The van der Waals surface area contributed by atoms with Gasteiger partial charge in [0.25, 0.3) is 0 Å². The molecule has 0 saturated heterocycles. The third-order valence-electron chi connectivity index (χ3n) is 2.75. The van der Waals surface area contributed by atoms with E-state index in [1.807, 2.05) is 19.1 Å². The van der Waals surface area contributed by atoms with E-state index >= 15 is 0 Å². The van der Waals surface area contributed by atoms with E-state index in [0.717, 1.165) is 29.1 Å². The van der Waals surface area contributed by atoms with Gasteiger partial charge in [0.2, 0.25) is 0 Å². The van der Waals surface area contributed by atoms with Crippen molar-refractivity contribution in [3.05, 3.63) is 35.5 Å². The molecule has 2 aromatic rings. The number of ether oxygens (including phenoxy) is 1. The average molecular weight is 216 g/mol. The fraction of sp³-hybridized carbons (Fsp3) is 0.308. The monoisotopic (exact) mass is 216 g/mol. The molecular formula is C13H16N2O. The van der Waals surface area contributed by atoms with Crippen LogP contribution in [-0.2, 0) is 6.42 Å². The van der Waals surface area contributed by atoms with Crippen LogP contribution in [0.3, 0.4) is 0 Å². The van der Waals surface area contributed by atoms with Gasteiger partial charge in [-0.1, -0.05) is 31.2 Å². The largest absolute Gasteiger partial charge is 0.493 e. The molecule has 0 atom stereocenters. The first-order valence-electron chi connectivity index (χ1n) is 5.45. The first-order chi connectivity index (χ1) is 7.77. The van der Waals surface area contributed by atoms with E-state index in [9.17, 15) is 0 Å². The Balaban J connectivity index is 2.58. The lowest BCUT2D eigenvalue weighted by molar-refractivity contribution is 0.413. The summed E-state index contributed by atoms with van der Waals surface area (Å²) in [5, 5.41) is 7.28. The number of hydrogen-bond donors (Lipinski definition) is 1. The summed E-state index contributed by atoms with van der Waals surface area (Å²) in [6.45, 7) is 4.11. The zero-order valence-corrected chi connectivity index (χ0v) is 9.87. The molecular weight excluding hydrogens is 200 g/mol. The van der Waals surface area contributed by atoms with E-state index in [1.165, 1.54) is 5.56 Å². The number of aromatic amines is 1. The van der Waals surface area contributed by atoms with Crippen molar-refractivity contribution < 1.29 is 4.74 Å². The maximum atomic E-state index is 5.38. The fourth-order valence-corrected chi connectivity index (χ4v) is 1.91. The van der Waals surface area contributed by atoms with E-state index in [2.05, 4.69) is 29.3 Å². The third kappa shape index (κ3) is 1.69. The van der Waals surface area contributed by atoms with Gasteiger partial charge in [0.1, 0.15) is 5.69 Å². The molecule has 0 aliphatic rings. The summed E-state index contributed by atoms with van der Waals surface area (Å²) in [5.74, 6) is 0.834. The second-order valence-corrected chi connectivity index (χ2v) is 3.74. The van der Waals surface area contributed by atoms with E-state index in [1.54, 1.807) is 7.11 Å². The van der Waals surface area contributed by atoms with Crippen LogP contribution < -0.4 is 4.74 Å². The minimum atomic E-state index is 0.834. The van der Waals surface area contributed by atoms with Crippen molar-refractivity contribution >= 4 is 0 Å². The Labute approximate surface area is 95.5 Å². The highest BCUT2D eigenvalue weighted by molar-refractivity contribution is 5.70. The Bertz CT molecular complexity index is 488. The average Bonchev–Trinajstić information content (AvgIpc) is 2.70. The zero-order valence-electron chi connectivity index (χ0n) is 9.87. The van der Waals surface area contributed by atoms with Crippen LogP contribution in [0.5, 0.6) is 5.75 Å². The molecule has 1 aromatic carbocycles. The first kappa shape index (κ1) is 10.7. The van der Waals surface area contributed by atoms with Gasteiger partial charge in [-0.05, 0) is 18.9 Å². The molecule has 0 amide bonds. The lowest BCUT2D eigenvalue weighted by Crippen LogP contribution is -1.91. The number of methoxy groups -OCH3 is 1. The number of nitrogens with zero attached hydrogens (tertiary/aromatic N) is 1. The smallest absolute Gasteiger partial charge is 0.167 e. The molecule has 1 heterocycles. The molecule has 0 radical (unpaired) electrons. The van der Waals surface area contributed by atoms with Gasteiger partial charge in [0.05, 0.1) is 12.8 Å². The van der Waals surface area contributed by atoms with Gasteiger partial charge in [0.15, 0.2) is 5.75 Å². The molecule has 0 saturated carbocycles. The highest BCUT2D eigenvalue weighted by Gasteiger charge is 2.14. The van der Waals surface area contributed by atoms with Gasteiger partial charge in [-0.25, -0.2) is 0 Å². The SMILES string of the molecule is CCc1ccccc1-c1n[nH]c(C)c1OC. The molecule has 0 aliphatic heterocycles. The van der Waals surface area contributed by atoms with Gasteiger partial charge in [-0.3, -0.25) is 5.10 Å². The van der Waals surface area contributed by atoms with Crippen LogP contribution in [0.1, 0.15) is 18.2 Å². The summed E-state index contributed by atoms with van der Waals surface area (Å²) in [7, 11) is 1.68. The number of aromatic nitrogens is 2. The van der Waals surface area contributed by atoms with Gasteiger partial charge in [0, 0.05) is 5.56 Å². The van der Waals surface area contributed by atoms with Crippen LogP contribution in [0.25, 0.3) is 11.3 Å². The van der Waals surface area contributed by atoms with Gasteiger partial charge in [-0.15, -0.1) is 0 Å². The minimum absolute atomic E-state index is 0.834. The Morgan fingerprint density at radius 2 is 2.06 bits per heavy atom. The molecule has 0 fully saturated rings. The number of H-pyrrole nitrogens is 1. The van der Waals surface area contributed by atoms with Crippen molar-refractivity contribution in [2.45, 2.75) is 20.3 Å². The summed E-state index contributed by atoms with van der Waals surface area (Å²) in [5.41, 5.74) is 4.29. The normalized spacial score (nSPS) is 10.4. The molecule has 3 heteroatoms. The molecule has 0 spiro atoms. The van der Waals surface area contributed by atoms with E-state index < -0.39 is 0 Å². The molecule has 3 nitrogen and oxygen atoms in total. The quantitative estimate of drug-likeness (QED) is 0.856. The minimum Gasteiger partial charge on any atom is -0.493 e. The topological polar surface area (TPSA) is 37.9 Å². The Kier molecular flexibility index (Phi) is 2.95. The summed E-state index contributed by atoms with van der Waals surface area (Å²) in [6.07, 6.45) is 0.991. The second kappa shape index (κ2) is 4.39. The Morgan fingerprint density at radius 1 is 1.31 bits per heavy atom.